The number of hydrogen-bond donors (Lipinski definition) is 0. The normalized spacial score (nSPS) is 11.5. The summed E-state index contributed by atoms with van der Waals surface area (Å²) in [6.07, 6.45) is -4.63. The number of nitro benzene ring substituents is 1. The van der Waals surface area contributed by atoms with Crippen molar-refractivity contribution >= 4 is 37.5 Å². The van der Waals surface area contributed by atoms with Gasteiger partial charge in [-0.25, -0.2) is 0 Å². The van der Waals surface area contributed by atoms with Crippen LogP contribution in [0.25, 0.3) is 0 Å². The van der Waals surface area contributed by atoms with E-state index in [1.807, 2.05) is 0 Å². The SMILES string of the molecule is O=[N+]([O-])c1cc(Br)c(Br)c(C(F)(F)F)c1. The molecule has 0 unspecified atom stereocenters. The molecule has 1 aromatic carbocycles. The minimum atomic E-state index is -4.63. The van der Waals surface area contributed by atoms with E-state index in [1.165, 1.54) is 0 Å². The Morgan fingerprint density at radius 2 is 1.80 bits per heavy atom. The number of nitrogens with zero attached hydrogens (tertiary/aromatic N) is 1. The first kappa shape index (κ1) is 12.4. The van der Waals surface area contributed by atoms with E-state index in [0.29, 0.717) is 6.07 Å². The van der Waals surface area contributed by atoms with Gasteiger partial charge in [0, 0.05) is 21.1 Å². The smallest absolute Gasteiger partial charge is 0.258 e. The van der Waals surface area contributed by atoms with Gasteiger partial charge in [-0.2, -0.15) is 13.2 Å². The molecular formula is C7H2Br2F3NO2. The van der Waals surface area contributed by atoms with Crippen LogP contribution >= 0.6 is 31.9 Å². The number of alkyl halides is 3. The van der Waals surface area contributed by atoms with Crippen molar-refractivity contribution in [2.24, 2.45) is 0 Å². The summed E-state index contributed by atoms with van der Waals surface area (Å²) in [4.78, 5) is 9.46. The molecule has 0 bridgehead atoms. The lowest BCUT2D eigenvalue weighted by atomic mass is 10.2. The molecule has 0 heterocycles. The lowest BCUT2D eigenvalue weighted by Gasteiger charge is -2.09. The molecule has 0 radical (unpaired) electrons. The standard InChI is InChI=1S/C7H2Br2F3NO2/c8-5-2-3(13(14)15)1-4(6(5)9)7(10,11)12/h1-2H. The molecule has 0 spiro atoms. The van der Waals surface area contributed by atoms with Crippen LogP contribution < -0.4 is 0 Å². The zero-order chi connectivity index (χ0) is 11.8. The van der Waals surface area contributed by atoms with Crippen LogP contribution in [0, 0.1) is 10.1 Å². The van der Waals surface area contributed by atoms with E-state index in [1.54, 1.807) is 0 Å². The van der Waals surface area contributed by atoms with Crippen LogP contribution in [0.4, 0.5) is 18.9 Å². The first-order valence-corrected chi connectivity index (χ1v) is 5.02. The predicted octanol–water partition coefficient (Wildman–Crippen LogP) is 4.14. The minimum absolute atomic E-state index is 0.0102. The topological polar surface area (TPSA) is 43.1 Å². The molecule has 82 valence electrons. The van der Waals surface area contributed by atoms with Crippen LogP contribution in [-0.2, 0) is 6.18 Å². The van der Waals surface area contributed by atoms with Gasteiger partial charge < -0.3 is 0 Å². The maximum Gasteiger partial charge on any atom is 0.417 e. The molecule has 0 aliphatic heterocycles. The molecule has 0 atom stereocenters. The third-order valence-corrected chi connectivity index (χ3v) is 3.54. The summed E-state index contributed by atoms with van der Waals surface area (Å²) >= 11 is 5.52. The summed E-state index contributed by atoms with van der Waals surface area (Å²) in [7, 11) is 0. The average molecular weight is 349 g/mol. The Morgan fingerprint density at radius 1 is 1.27 bits per heavy atom. The summed E-state index contributed by atoms with van der Waals surface area (Å²) in [6.45, 7) is 0. The van der Waals surface area contributed by atoms with Crippen molar-refractivity contribution in [1.82, 2.24) is 0 Å². The number of halogens is 5. The molecule has 15 heavy (non-hydrogen) atoms. The van der Waals surface area contributed by atoms with Crippen LogP contribution in [-0.4, -0.2) is 4.92 Å². The molecule has 0 aliphatic rings. The van der Waals surface area contributed by atoms with Gasteiger partial charge in [-0.05, 0) is 31.9 Å². The molecule has 8 heteroatoms. The first-order valence-electron chi connectivity index (χ1n) is 3.44. The maximum atomic E-state index is 12.4. The van der Waals surface area contributed by atoms with E-state index in [4.69, 9.17) is 0 Å². The molecule has 3 nitrogen and oxygen atoms in total. The fraction of sp³-hybridized carbons (Fsp3) is 0.143. The van der Waals surface area contributed by atoms with Crippen molar-refractivity contribution in [3.63, 3.8) is 0 Å². The van der Waals surface area contributed by atoms with Gasteiger partial charge in [0.25, 0.3) is 5.69 Å². The Morgan fingerprint density at radius 3 is 2.20 bits per heavy atom. The molecule has 0 aliphatic carbocycles. The Kier molecular flexibility index (Phi) is 3.39. The van der Waals surface area contributed by atoms with Crippen molar-refractivity contribution in [3.05, 3.63) is 36.8 Å². The molecule has 0 N–H and O–H groups in total. The maximum absolute atomic E-state index is 12.4. The minimum Gasteiger partial charge on any atom is -0.258 e. The molecule has 0 aromatic heterocycles. The van der Waals surface area contributed by atoms with Gasteiger partial charge in [-0.1, -0.05) is 0 Å². The number of benzene rings is 1. The van der Waals surface area contributed by atoms with Gasteiger partial charge in [0.2, 0.25) is 0 Å². The van der Waals surface area contributed by atoms with Crippen molar-refractivity contribution in [2.75, 3.05) is 0 Å². The fourth-order valence-corrected chi connectivity index (χ4v) is 1.79. The molecular weight excluding hydrogens is 347 g/mol. The Bertz CT molecular complexity index is 419. The third-order valence-electron chi connectivity index (χ3n) is 1.53. The van der Waals surface area contributed by atoms with Gasteiger partial charge in [0.05, 0.1) is 10.5 Å². The van der Waals surface area contributed by atoms with Crippen molar-refractivity contribution < 1.29 is 18.1 Å². The van der Waals surface area contributed by atoms with Crippen molar-refractivity contribution in [1.29, 1.82) is 0 Å². The molecule has 0 amide bonds. The van der Waals surface area contributed by atoms with Gasteiger partial charge in [0.15, 0.2) is 0 Å². The number of non-ortho nitro benzene ring substituents is 1. The average Bonchev–Trinajstić information content (AvgIpc) is 2.06. The zero-order valence-corrected chi connectivity index (χ0v) is 9.98. The zero-order valence-electron chi connectivity index (χ0n) is 6.81. The molecule has 1 rings (SSSR count). The second-order valence-electron chi connectivity index (χ2n) is 2.54. The lowest BCUT2D eigenvalue weighted by Crippen LogP contribution is -2.07. The molecule has 0 saturated heterocycles. The summed E-state index contributed by atoms with van der Waals surface area (Å²) in [5.74, 6) is 0. The number of nitro groups is 1. The summed E-state index contributed by atoms with van der Waals surface area (Å²) in [5.41, 5.74) is -1.69. The highest BCUT2D eigenvalue weighted by Gasteiger charge is 2.35. The summed E-state index contributed by atoms with van der Waals surface area (Å²) in [6, 6.07) is 1.48. The second kappa shape index (κ2) is 4.09. The van der Waals surface area contributed by atoms with Crippen molar-refractivity contribution in [2.45, 2.75) is 6.18 Å². The van der Waals surface area contributed by atoms with E-state index in [0.717, 1.165) is 6.07 Å². The van der Waals surface area contributed by atoms with Gasteiger partial charge in [-0.15, -0.1) is 0 Å². The summed E-state index contributed by atoms with van der Waals surface area (Å²) in [5, 5.41) is 10.3. The van der Waals surface area contributed by atoms with Crippen molar-refractivity contribution in [3.8, 4) is 0 Å². The van der Waals surface area contributed by atoms with Crippen LogP contribution in [0.1, 0.15) is 5.56 Å². The Hall–Kier alpha value is -0.630. The Balaban J connectivity index is 3.45. The van der Waals surface area contributed by atoms with Crippen LogP contribution in [0.3, 0.4) is 0 Å². The lowest BCUT2D eigenvalue weighted by molar-refractivity contribution is -0.385. The van der Waals surface area contributed by atoms with E-state index in [-0.39, 0.29) is 8.95 Å². The second-order valence-corrected chi connectivity index (χ2v) is 4.19. The van der Waals surface area contributed by atoms with Crippen LogP contribution in [0.5, 0.6) is 0 Å². The largest absolute Gasteiger partial charge is 0.417 e. The predicted molar refractivity (Wildman–Crippen MR) is 53.5 cm³/mol. The Labute approximate surface area is 98.7 Å². The quantitative estimate of drug-likeness (QED) is 0.565. The van der Waals surface area contributed by atoms with E-state index < -0.39 is 22.4 Å². The highest BCUT2D eigenvalue weighted by atomic mass is 79.9. The van der Waals surface area contributed by atoms with Gasteiger partial charge in [0.1, 0.15) is 0 Å². The van der Waals surface area contributed by atoms with E-state index >= 15 is 0 Å². The third kappa shape index (κ3) is 2.69. The van der Waals surface area contributed by atoms with E-state index in [2.05, 4.69) is 31.9 Å². The molecule has 0 saturated carbocycles. The number of hydrogen-bond acceptors (Lipinski definition) is 2. The molecule has 0 fully saturated rings. The monoisotopic (exact) mass is 347 g/mol. The highest BCUT2D eigenvalue weighted by molar-refractivity contribution is 9.13. The summed E-state index contributed by atoms with van der Waals surface area (Å²) < 4.78 is 36.9. The highest BCUT2D eigenvalue weighted by Crippen LogP contribution is 2.40. The first-order chi connectivity index (χ1) is 6.73. The van der Waals surface area contributed by atoms with Gasteiger partial charge in [-0.3, -0.25) is 10.1 Å². The fourth-order valence-electron chi connectivity index (χ4n) is 0.886. The number of rotatable bonds is 1. The van der Waals surface area contributed by atoms with Crippen LogP contribution in [0.2, 0.25) is 0 Å². The van der Waals surface area contributed by atoms with Gasteiger partial charge >= 0.3 is 6.18 Å². The van der Waals surface area contributed by atoms with Crippen LogP contribution in [0.15, 0.2) is 21.1 Å². The van der Waals surface area contributed by atoms with E-state index in [9.17, 15) is 23.3 Å². The molecule has 1 aromatic rings.